The van der Waals surface area contributed by atoms with Crippen LogP contribution in [0.25, 0.3) is 6.08 Å². The number of nitrogens with one attached hydrogen (secondary N) is 1. The molecule has 5 nitrogen and oxygen atoms in total. The molecular formula is C22H24N2O3S. The van der Waals surface area contributed by atoms with Gasteiger partial charge in [0.2, 0.25) is 0 Å². The van der Waals surface area contributed by atoms with Gasteiger partial charge >= 0.3 is 0 Å². The van der Waals surface area contributed by atoms with Crippen LogP contribution in [0.4, 0.5) is 0 Å². The fourth-order valence-electron chi connectivity index (χ4n) is 2.90. The van der Waals surface area contributed by atoms with Gasteiger partial charge in [0, 0.05) is 6.54 Å². The third kappa shape index (κ3) is 4.70. The maximum absolute atomic E-state index is 12.6. The van der Waals surface area contributed by atoms with Crippen LogP contribution in [0.1, 0.15) is 25.0 Å². The molecule has 1 heterocycles. The van der Waals surface area contributed by atoms with E-state index in [1.165, 1.54) is 0 Å². The number of carbonyl (C=O) groups excluding carboxylic acids is 1. The van der Waals surface area contributed by atoms with E-state index in [0.29, 0.717) is 41.4 Å². The van der Waals surface area contributed by atoms with Crippen LogP contribution in [0.5, 0.6) is 11.5 Å². The first-order valence-corrected chi connectivity index (χ1v) is 9.58. The average molecular weight is 397 g/mol. The molecule has 0 unspecified atom stereocenters. The summed E-state index contributed by atoms with van der Waals surface area (Å²) in [5, 5.41) is 3.45. The molecule has 0 saturated carbocycles. The second kappa shape index (κ2) is 8.89. The summed E-state index contributed by atoms with van der Waals surface area (Å²) in [4.78, 5) is 14.2. The number of thiocarbonyl (C=S) groups is 1. The number of nitrogens with zero attached hydrogens (tertiary/aromatic N) is 1. The molecule has 1 saturated heterocycles. The number of hydrogen-bond donors (Lipinski definition) is 1. The number of rotatable bonds is 7. The minimum absolute atomic E-state index is 0.109. The van der Waals surface area contributed by atoms with Crippen LogP contribution in [0.15, 0.2) is 54.2 Å². The second-order valence-corrected chi connectivity index (χ2v) is 7.37. The summed E-state index contributed by atoms with van der Waals surface area (Å²) in [6.07, 6.45) is 1.78. The third-order valence-electron chi connectivity index (χ3n) is 4.25. The van der Waals surface area contributed by atoms with Crippen molar-refractivity contribution in [1.29, 1.82) is 0 Å². The molecule has 0 aliphatic carbocycles. The van der Waals surface area contributed by atoms with Crippen LogP contribution in [-0.4, -0.2) is 29.6 Å². The molecule has 2 aromatic carbocycles. The number of benzene rings is 2. The molecule has 0 aromatic heterocycles. The predicted molar refractivity (Wildman–Crippen MR) is 114 cm³/mol. The van der Waals surface area contributed by atoms with Crippen molar-refractivity contribution in [3.8, 4) is 11.5 Å². The van der Waals surface area contributed by atoms with E-state index in [-0.39, 0.29) is 5.91 Å². The van der Waals surface area contributed by atoms with Crippen LogP contribution >= 0.6 is 12.2 Å². The summed E-state index contributed by atoms with van der Waals surface area (Å²) in [5.74, 6) is 1.49. The summed E-state index contributed by atoms with van der Waals surface area (Å²) in [7, 11) is 1.60. The zero-order valence-corrected chi connectivity index (χ0v) is 17.1. The molecule has 1 aliphatic heterocycles. The Hall–Kier alpha value is -2.86. The standard InChI is InChI=1S/C22H24N2O3S/c1-15(2)13-24-21(25)18(23-22(24)28)11-17-9-10-19(20(12-17)26-3)27-14-16-7-5-4-6-8-16/h4-12,15H,13-14H2,1-3H3,(H,23,28)/b18-11+. The zero-order chi connectivity index (χ0) is 20.1. The van der Waals surface area contributed by atoms with Crippen molar-refractivity contribution in [1.82, 2.24) is 10.2 Å². The van der Waals surface area contributed by atoms with E-state index in [1.807, 2.05) is 48.5 Å². The minimum Gasteiger partial charge on any atom is -0.493 e. The highest BCUT2D eigenvalue weighted by molar-refractivity contribution is 7.80. The summed E-state index contributed by atoms with van der Waals surface area (Å²) in [5.41, 5.74) is 2.37. The highest BCUT2D eigenvalue weighted by atomic mass is 32.1. The van der Waals surface area contributed by atoms with Gasteiger partial charge in [-0.15, -0.1) is 0 Å². The van der Waals surface area contributed by atoms with Crippen molar-refractivity contribution in [3.05, 3.63) is 65.4 Å². The van der Waals surface area contributed by atoms with E-state index in [2.05, 4.69) is 19.2 Å². The van der Waals surface area contributed by atoms with Gasteiger partial charge in [-0.05, 0) is 47.5 Å². The Kier molecular flexibility index (Phi) is 6.31. The van der Waals surface area contributed by atoms with Crippen LogP contribution in [0, 0.1) is 5.92 Å². The average Bonchev–Trinajstić information content (AvgIpc) is 2.94. The molecule has 0 atom stereocenters. The molecule has 6 heteroatoms. The topological polar surface area (TPSA) is 50.8 Å². The smallest absolute Gasteiger partial charge is 0.276 e. The monoisotopic (exact) mass is 396 g/mol. The Balaban J connectivity index is 1.75. The van der Waals surface area contributed by atoms with Crippen LogP contribution < -0.4 is 14.8 Å². The lowest BCUT2D eigenvalue weighted by Crippen LogP contribution is -2.33. The van der Waals surface area contributed by atoms with Gasteiger partial charge in [-0.25, -0.2) is 0 Å². The number of hydrogen-bond acceptors (Lipinski definition) is 4. The number of ether oxygens (including phenoxy) is 2. The third-order valence-corrected chi connectivity index (χ3v) is 4.57. The normalized spacial score (nSPS) is 15.3. The maximum atomic E-state index is 12.6. The molecular weight excluding hydrogens is 372 g/mol. The van der Waals surface area contributed by atoms with Gasteiger partial charge in [-0.3, -0.25) is 9.69 Å². The molecule has 1 aliphatic rings. The van der Waals surface area contributed by atoms with Crippen LogP contribution in [0.3, 0.4) is 0 Å². The Labute approximate surface area is 170 Å². The van der Waals surface area contributed by atoms with Gasteiger partial charge in [-0.2, -0.15) is 0 Å². The lowest BCUT2D eigenvalue weighted by molar-refractivity contribution is -0.122. The van der Waals surface area contributed by atoms with Crippen molar-refractivity contribution in [2.24, 2.45) is 5.92 Å². The molecule has 28 heavy (non-hydrogen) atoms. The first kappa shape index (κ1) is 19.9. The number of carbonyl (C=O) groups is 1. The quantitative estimate of drug-likeness (QED) is 0.567. The highest BCUT2D eigenvalue weighted by Gasteiger charge is 2.30. The van der Waals surface area contributed by atoms with Gasteiger partial charge in [0.25, 0.3) is 5.91 Å². The minimum atomic E-state index is -0.109. The molecule has 3 rings (SSSR count). The Morgan fingerprint density at radius 3 is 2.57 bits per heavy atom. The van der Waals surface area contributed by atoms with Crippen molar-refractivity contribution >= 4 is 29.3 Å². The Morgan fingerprint density at radius 1 is 1.14 bits per heavy atom. The van der Waals surface area contributed by atoms with Gasteiger partial charge in [0.1, 0.15) is 12.3 Å². The molecule has 1 amide bonds. The van der Waals surface area contributed by atoms with Crippen molar-refractivity contribution in [3.63, 3.8) is 0 Å². The summed E-state index contributed by atoms with van der Waals surface area (Å²) >= 11 is 5.29. The SMILES string of the molecule is COc1cc(/C=C2/NC(=S)N(CC(C)C)C2=O)ccc1OCc1ccccc1. The fraction of sp³-hybridized carbons (Fsp3) is 0.273. The summed E-state index contributed by atoms with van der Waals surface area (Å²) < 4.78 is 11.3. The van der Waals surface area contributed by atoms with Crippen LogP contribution in [0.2, 0.25) is 0 Å². The molecule has 0 spiro atoms. The van der Waals surface area contributed by atoms with E-state index in [1.54, 1.807) is 18.1 Å². The molecule has 146 valence electrons. The largest absolute Gasteiger partial charge is 0.493 e. The first-order chi connectivity index (χ1) is 13.5. The lowest BCUT2D eigenvalue weighted by Gasteiger charge is -2.16. The predicted octanol–water partition coefficient (Wildman–Crippen LogP) is 3.99. The maximum Gasteiger partial charge on any atom is 0.276 e. The zero-order valence-electron chi connectivity index (χ0n) is 16.3. The van der Waals surface area contributed by atoms with E-state index < -0.39 is 0 Å². The molecule has 0 bridgehead atoms. The van der Waals surface area contributed by atoms with E-state index in [4.69, 9.17) is 21.7 Å². The van der Waals surface area contributed by atoms with Gasteiger partial charge < -0.3 is 14.8 Å². The number of amides is 1. The van der Waals surface area contributed by atoms with Crippen molar-refractivity contribution < 1.29 is 14.3 Å². The lowest BCUT2D eigenvalue weighted by atomic mass is 10.1. The Bertz CT molecular complexity index is 894. The van der Waals surface area contributed by atoms with E-state index in [9.17, 15) is 4.79 Å². The number of methoxy groups -OCH3 is 1. The first-order valence-electron chi connectivity index (χ1n) is 9.17. The van der Waals surface area contributed by atoms with E-state index >= 15 is 0 Å². The molecule has 2 aromatic rings. The molecule has 1 fully saturated rings. The fourth-order valence-corrected chi connectivity index (χ4v) is 3.17. The van der Waals surface area contributed by atoms with E-state index in [0.717, 1.165) is 11.1 Å². The van der Waals surface area contributed by atoms with Crippen molar-refractivity contribution in [2.45, 2.75) is 20.5 Å². The van der Waals surface area contributed by atoms with Crippen LogP contribution in [-0.2, 0) is 11.4 Å². The summed E-state index contributed by atoms with van der Waals surface area (Å²) in [6, 6.07) is 15.5. The highest BCUT2D eigenvalue weighted by Crippen LogP contribution is 2.30. The van der Waals surface area contributed by atoms with Gasteiger partial charge in [-0.1, -0.05) is 50.2 Å². The molecule has 1 N–H and O–H groups in total. The molecule has 0 radical (unpaired) electrons. The van der Waals surface area contributed by atoms with Crippen molar-refractivity contribution in [2.75, 3.05) is 13.7 Å². The van der Waals surface area contributed by atoms with Gasteiger partial charge in [0.15, 0.2) is 16.6 Å². The van der Waals surface area contributed by atoms with Gasteiger partial charge in [0.05, 0.1) is 7.11 Å². The summed E-state index contributed by atoms with van der Waals surface area (Å²) in [6.45, 7) is 5.15. The Morgan fingerprint density at radius 2 is 1.89 bits per heavy atom. The second-order valence-electron chi connectivity index (χ2n) is 6.98.